The van der Waals surface area contributed by atoms with Crippen LogP contribution in [0, 0.1) is 0 Å². The number of amides is 1. The summed E-state index contributed by atoms with van der Waals surface area (Å²) >= 11 is 0. The van der Waals surface area contributed by atoms with Crippen LogP contribution in [0.5, 0.6) is 0 Å². The quantitative estimate of drug-likeness (QED) is 0.865. The van der Waals surface area contributed by atoms with Gasteiger partial charge in [-0.3, -0.25) is 4.79 Å². The third-order valence-corrected chi connectivity index (χ3v) is 2.70. The first-order valence-electron chi connectivity index (χ1n) is 5.75. The summed E-state index contributed by atoms with van der Waals surface area (Å²) < 4.78 is 0. The molecule has 2 rings (SSSR count). The molecule has 92 valence electrons. The Balaban J connectivity index is 2.11. The fourth-order valence-electron chi connectivity index (χ4n) is 1.70. The van der Waals surface area contributed by atoms with Gasteiger partial charge in [0.15, 0.2) is 5.69 Å². The Hall–Kier alpha value is -2.36. The summed E-state index contributed by atoms with van der Waals surface area (Å²) in [5.74, 6) is -0.260. The first kappa shape index (κ1) is 12.1. The lowest BCUT2D eigenvalue weighted by molar-refractivity contribution is 0.0936. The van der Waals surface area contributed by atoms with Crippen LogP contribution >= 0.6 is 0 Å². The van der Waals surface area contributed by atoms with Gasteiger partial charge in [-0.2, -0.15) is 0 Å². The molecular formula is C14H15N3O. The van der Waals surface area contributed by atoms with Crippen LogP contribution in [-0.2, 0) is 0 Å². The lowest BCUT2D eigenvalue weighted by Crippen LogP contribution is -2.28. The molecule has 4 heteroatoms. The Morgan fingerprint density at radius 2 is 1.94 bits per heavy atom. The van der Waals surface area contributed by atoms with Crippen molar-refractivity contribution in [1.29, 1.82) is 0 Å². The Labute approximate surface area is 106 Å². The average Bonchev–Trinajstić information content (AvgIpc) is 2.40. The van der Waals surface area contributed by atoms with E-state index in [1.165, 1.54) is 0 Å². The molecule has 0 radical (unpaired) electrons. The number of anilines is 1. The second-order valence-corrected chi connectivity index (χ2v) is 4.05. The van der Waals surface area contributed by atoms with Crippen LogP contribution < -0.4 is 11.1 Å². The number of benzene rings is 1. The van der Waals surface area contributed by atoms with Crippen molar-refractivity contribution in [2.24, 2.45) is 0 Å². The molecule has 1 atom stereocenters. The maximum Gasteiger partial charge on any atom is 0.272 e. The number of nitrogen functional groups attached to an aromatic ring is 1. The molecule has 0 aliphatic carbocycles. The molecule has 0 saturated heterocycles. The van der Waals surface area contributed by atoms with E-state index in [1.807, 2.05) is 37.3 Å². The van der Waals surface area contributed by atoms with Gasteiger partial charge in [-0.05, 0) is 24.6 Å². The zero-order valence-corrected chi connectivity index (χ0v) is 10.1. The first-order chi connectivity index (χ1) is 8.68. The predicted molar refractivity (Wildman–Crippen MR) is 71.0 cm³/mol. The van der Waals surface area contributed by atoms with E-state index >= 15 is 0 Å². The van der Waals surface area contributed by atoms with E-state index in [0.29, 0.717) is 5.69 Å². The van der Waals surface area contributed by atoms with Crippen LogP contribution in [0.3, 0.4) is 0 Å². The zero-order valence-electron chi connectivity index (χ0n) is 10.1. The van der Waals surface area contributed by atoms with Crippen LogP contribution in [0.4, 0.5) is 5.69 Å². The standard InChI is InChI=1S/C14H15N3O/c1-10(11-6-3-2-4-7-11)17-14(18)13-12(15)8-5-9-16-13/h2-10H,15H2,1H3,(H,17,18). The number of carbonyl (C=O) groups excluding carboxylic acids is 1. The summed E-state index contributed by atoms with van der Waals surface area (Å²) in [4.78, 5) is 16.0. The van der Waals surface area contributed by atoms with Crippen molar-refractivity contribution in [1.82, 2.24) is 10.3 Å². The van der Waals surface area contributed by atoms with Crippen molar-refractivity contribution >= 4 is 11.6 Å². The van der Waals surface area contributed by atoms with E-state index in [4.69, 9.17) is 5.73 Å². The number of aromatic nitrogens is 1. The summed E-state index contributed by atoms with van der Waals surface area (Å²) in [6.07, 6.45) is 1.55. The number of hydrogen-bond acceptors (Lipinski definition) is 3. The highest BCUT2D eigenvalue weighted by Crippen LogP contribution is 2.13. The molecule has 1 amide bonds. The number of nitrogens with two attached hydrogens (primary N) is 1. The van der Waals surface area contributed by atoms with Crippen molar-refractivity contribution in [2.75, 3.05) is 5.73 Å². The molecule has 18 heavy (non-hydrogen) atoms. The summed E-state index contributed by atoms with van der Waals surface area (Å²) in [5.41, 5.74) is 7.40. The molecule has 0 saturated carbocycles. The van der Waals surface area contributed by atoms with E-state index in [-0.39, 0.29) is 17.6 Å². The van der Waals surface area contributed by atoms with Crippen LogP contribution in [0.2, 0.25) is 0 Å². The number of nitrogens with zero attached hydrogens (tertiary/aromatic N) is 1. The molecule has 4 nitrogen and oxygen atoms in total. The minimum atomic E-state index is -0.260. The second kappa shape index (κ2) is 5.31. The minimum Gasteiger partial charge on any atom is -0.397 e. The van der Waals surface area contributed by atoms with Gasteiger partial charge in [-0.25, -0.2) is 4.98 Å². The van der Waals surface area contributed by atoms with Gasteiger partial charge in [0.1, 0.15) is 0 Å². The lowest BCUT2D eigenvalue weighted by Gasteiger charge is -2.14. The van der Waals surface area contributed by atoms with E-state index in [9.17, 15) is 4.79 Å². The van der Waals surface area contributed by atoms with Gasteiger partial charge in [0.2, 0.25) is 0 Å². The average molecular weight is 241 g/mol. The van der Waals surface area contributed by atoms with E-state index in [1.54, 1.807) is 18.3 Å². The van der Waals surface area contributed by atoms with Gasteiger partial charge in [0, 0.05) is 6.20 Å². The number of nitrogens with one attached hydrogen (secondary N) is 1. The lowest BCUT2D eigenvalue weighted by atomic mass is 10.1. The van der Waals surface area contributed by atoms with Crippen molar-refractivity contribution in [3.63, 3.8) is 0 Å². The van der Waals surface area contributed by atoms with E-state index in [0.717, 1.165) is 5.56 Å². The highest BCUT2D eigenvalue weighted by atomic mass is 16.1. The Morgan fingerprint density at radius 3 is 2.61 bits per heavy atom. The van der Waals surface area contributed by atoms with E-state index < -0.39 is 0 Å². The van der Waals surface area contributed by atoms with Gasteiger partial charge in [-0.1, -0.05) is 30.3 Å². The molecule has 0 bridgehead atoms. The van der Waals surface area contributed by atoms with Crippen molar-refractivity contribution in [2.45, 2.75) is 13.0 Å². The first-order valence-corrected chi connectivity index (χ1v) is 5.75. The van der Waals surface area contributed by atoms with Crippen LogP contribution in [-0.4, -0.2) is 10.9 Å². The number of carbonyl (C=O) groups is 1. The molecule has 1 unspecified atom stereocenters. The van der Waals surface area contributed by atoms with Gasteiger partial charge in [-0.15, -0.1) is 0 Å². The molecular weight excluding hydrogens is 226 g/mol. The zero-order chi connectivity index (χ0) is 13.0. The Morgan fingerprint density at radius 1 is 1.22 bits per heavy atom. The molecule has 1 aromatic carbocycles. The van der Waals surface area contributed by atoms with E-state index in [2.05, 4.69) is 10.3 Å². The normalized spacial score (nSPS) is 11.8. The van der Waals surface area contributed by atoms with Gasteiger partial charge < -0.3 is 11.1 Å². The summed E-state index contributed by atoms with van der Waals surface area (Å²) in [6.45, 7) is 1.92. The topological polar surface area (TPSA) is 68.0 Å². The molecule has 0 aliphatic rings. The molecule has 0 fully saturated rings. The third-order valence-electron chi connectivity index (χ3n) is 2.70. The van der Waals surface area contributed by atoms with Crippen molar-refractivity contribution in [3.8, 4) is 0 Å². The minimum absolute atomic E-state index is 0.0832. The maximum absolute atomic E-state index is 12.0. The third kappa shape index (κ3) is 2.66. The Bertz CT molecular complexity index is 540. The molecule has 1 heterocycles. The molecule has 0 spiro atoms. The molecule has 2 aromatic rings. The largest absolute Gasteiger partial charge is 0.397 e. The van der Waals surface area contributed by atoms with Crippen molar-refractivity contribution in [3.05, 3.63) is 59.9 Å². The van der Waals surface area contributed by atoms with Crippen LogP contribution in [0.15, 0.2) is 48.7 Å². The smallest absolute Gasteiger partial charge is 0.272 e. The SMILES string of the molecule is CC(NC(=O)c1ncccc1N)c1ccccc1. The maximum atomic E-state index is 12.0. The highest BCUT2D eigenvalue weighted by Gasteiger charge is 2.14. The monoisotopic (exact) mass is 241 g/mol. The molecule has 3 N–H and O–H groups in total. The van der Waals surface area contributed by atoms with Gasteiger partial charge in [0.05, 0.1) is 11.7 Å². The number of rotatable bonds is 3. The Kier molecular flexibility index (Phi) is 3.57. The predicted octanol–water partition coefficient (Wildman–Crippen LogP) is 2.15. The fraction of sp³-hybridized carbons (Fsp3) is 0.143. The van der Waals surface area contributed by atoms with Gasteiger partial charge in [0.25, 0.3) is 5.91 Å². The fourth-order valence-corrected chi connectivity index (χ4v) is 1.70. The number of hydrogen-bond donors (Lipinski definition) is 2. The summed E-state index contributed by atoms with van der Waals surface area (Å²) in [7, 11) is 0. The summed E-state index contributed by atoms with van der Waals surface area (Å²) in [5, 5.41) is 2.87. The van der Waals surface area contributed by atoms with Crippen LogP contribution in [0.25, 0.3) is 0 Å². The van der Waals surface area contributed by atoms with Gasteiger partial charge >= 0.3 is 0 Å². The highest BCUT2D eigenvalue weighted by molar-refractivity contribution is 5.97. The summed E-state index contributed by atoms with van der Waals surface area (Å²) in [6, 6.07) is 13.0. The van der Waals surface area contributed by atoms with Crippen molar-refractivity contribution < 1.29 is 4.79 Å². The molecule has 1 aromatic heterocycles. The second-order valence-electron chi connectivity index (χ2n) is 4.05. The number of pyridine rings is 1. The molecule has 0 aliphatic heterocycles. The van der Waals surface area contributed by atoms with Crippen LogP contribution in [0.1, 0.15) is 29.0 Å².